The van der Waals surface area contributed by atoms with Crippen molar-refractivity contribution in [2.75, 3.05) is 14.1 Å². The maximum Gasteiger partial charge on any atom is 0.308 e. The molecule has 0 bridgehead atoms. The Balaban J connectivity index is 2.96. The van der Waals surface area contributed by atoms with Crippen molar-refractivity contribution in [2.45, 2.75) is 19.4 Å². The van der Waals surface area contributed by atoms with Crippen molar-refractivity contribution in [1.82, 2.24) is 9.88 Å². The van der Waals surface area contributed by atoms with Crippen LogP contribution in [-0.4, -0.2) is 35.1 Å². The number of nitrogens with zero attached hydrogens (tertiary/aromatic N) is 1. The van der Waals surface area contributed by atoms with E-state index in [1.54, 1.807) is 0 Å². The zero-order valence-corrected chi connectivity index (χ0v) is 9.40. The van der Waals surface area contributed by atoms with Crippen LogP contribution in [-0.2, 0) is 4.79 Å². The Hall–Kier alpha value is -1.29. The van der Waals surface area contributed by atoms with Gasteiger partial charge in [-0.3, -0.25) is 4.79 Å². The van der Waals surface area contributed by atoms with E-state index in [1.807, 2.05) is 44.2 Å². The van der Waals surface area contributed by atoms with Crippen LogP contribution in [0.3, 0.4) is 0 Å². The number of hydrogen-bond acceptors (Lipinski definition) is 2. The third-order valence-corrected chi connectivity index (χ3v) is 2.64. The number of carbonyl (C=O) groups is 1. The smallest absolute Gasteiger partial charge is 0.308 e. The van der Waals surface area contributed by atoms with E-state index in [2.05, 4.69) is 4.98 Å². The minimum absolute atomic E-state index is 0.0949. The largest absolute Gasteiger partial charge is 0.481 e. The quantitative estimate of drug-likeness (QED) is 0.778. The molecule has 84 valence electrons. The molecule has 0 spiro atoms. The summed E-state index contributed by atoms with van der Waals surface area (Å²) in [5, 5.41) is 9.15. The third-order valence-electron chi connectivity index (χ3n) is 2.64. The van der Waals surface area contributed by atoms with Crippen LogP contribution in [0.15, 0.2) is 18.3 Å². The molecular weight excluding hydrogens is 192 g/mol. The second-order valence-electron chi connectivity index (χ2n) is 3.89. The van der Waals surface area contributed by atoms with Gasteiger partial charge in [-0.05, 0) is 32.6 Å². The highest BCUT2D eigenvalue weighted by Crippen LogP contribution is 2.28. The predicted molar refractivity (Wildman–Crippen MR) is 58.6 cm³/mol. The lowest BCUT2D eigenvalue weighted by Gasteiger charge is -2.28. The normalized spacial score (nSPS) is 15.2. The van der Waals surface area contributed by atoms with Gasteiger partial charge in [-0.1, -0.05) is 6.92 Å². The number of H-pyrrole nitrogens is 1. The fourth-order valence-corrected chi connectivity index (χ4v) is 1.92. The van der Waals surface area contributed by atoms with E-state index >= 15 is 0 Å². The van der Waals surface area contributed by atoms with Crippen molar-refractivity contribution in [3.8, 4) is 0 Å². The molecule has 2 N–H and O–H groups in total. The zero-order valence-electron chi connectivity index (χ0n) is 9.40. The summed E-state index contributed by atoms with van der Waals surface area (Å²) in [5.41, 5.74) is 0.953. The van der Waals surface area contributed by atoms with Crippen molar-refractivity contribution < 1.29 is 9.90 Å². The van der Waals surface area contributed by atoms with Crippen molar-refractivity contribution in [2.24, 2.45) is 5.92 Å². The van der Waals surface area contributed by atoms with Gasteiger partial charge in [0.1, 0.15) is 0 Å². The molecule has 0 aliphatic heterocycles. The monoisotopic (exact) mass is 210 g/mol. The molecule has 0 amide bonds. The Kier molecular flexibility index (Phi) is 3.91. The van der Waals surface area contributed by atoms with Gasteiger partial charge in [0.25, 0.3) is 0 Å². The summed E-state index contributed by atoms with van der Waals surface area (Å²) in [6, 6.07) is 3.72. The average Bonchev–Trinajstić information content (AvgIpc) is 2.64. The molecule has 0 aliphatic rings. The van der Waals surface area contributed by atoms with E-state index in [1.165, 1.54) is 0 Å². The molecule has 1 heterocycles. The Morgan fingerprint density at radius 2 is 2.27 bits per heavy atom. The van der Waals surface area contributed by atoms with Crippen LogP contribution in [0.1, 0.15) is 25.1 Å². The number of aliphatic carboxylic acids is 1. The molecule has 0 aliphatic carbocycles. The van der Waals surface area contributed by atoms with Crippen LogP contribution in [0.5, 0.6) is 0 Å². The van der Waals surface area contributed by atoms with Crippen LogP contribution >= 0.6 is 0 Å². The summed E-state index contributed by atoms with van der Waals surface area (Å²) < 4.78 is 0. The summed E-state index contributed by atoms with van der Waals surface area (Å²) in [4.78, 5) is 16.2. The van der Waals surface area contributed by atoms with Gasteiger partial charge in [0, 0.05) is 11.9 Å². The SMILES string of the molecule is CCC(C(=O)O)C(c1ccc[nH]1)N(C)C. The summed E-state index contributed by atoms with van der Waals surface area (Å²) >= 11 is 0. The number of aromatic nitrogens is 1. The van der Waals surface area contributed by atoms with Crippen molar-refractivity contribution in [1.29, 1.82) is 0 Å². The fourth-order valence-electron chi connectivity index (χ4n) is 1.92. The van der Waals surface area contributed by atoms with Gasteiger partial charge in [0.2, 0.25) is 0 Å². The standard InChI is InChI=1S/C11H18N2O2/c1-4-8(11(14)15)10(13(2)3)9-6-5-7-12-9/h5-8,10,12H,4H2,1-3H3,(H,14,15). The highest BCUT2D eigenvalue weighted by atomic mass is 16.4. The van der Waals surface area contributed by atoms with E-state index < -0.39 is 5.97 Å². The Bertz CT molecular complexity index is 306. The Labute approximate surface area is 89.9 Å². The summed E-state index contributed by atoms with van der Waals surface area (Å²) in [6.45, 7) is 1.90. The molecule has 4 nitrogen and oxygen atoms in total. The van der Waals surface area contributed by atoms with E-state index in [-0.39, 0.29) is 12.0 Å². The Morgan fingerprint density at radius 1 is 1.60 bits per heavy atom. The number of carboxylic acids is 1. The molecule has 0 saturated heterocycles. The van der Waals surface area contributed by atoms with Gasteiger partial charge in [0.15, 0.2) is 0 Å². The average molecular weight is 210 g/mol. The first-order chi connectivity index (χ1) is 7.07. The topological polar surface area (TPSA) is 56.3 Å². The first kappa shape index (κ1) is 11.8. The van der Waals surface area contributed by atoms with E-state index in [4.69, 9.17) is 5.11 Å². The summed E-state index contributed by atoms with van der Waals surface area (Å²) in [5.74, 6) is -1.12. The van der Waals surface area contributed by atoms with Crippen molar-refractivity contribution in [3.05, 3.63) is 24.0 Å². The first-order valence-corrected chi connectivity index (χ1v) is 5.10. The highest BCUT2D eigenvalue weighted by molar-refractivity contribution is 5.71. The molecule has 0 radical (unpaired) electrons. The van der Waals surface area contributed by atoms with Crippen LogP contribution in [0.25, 0.3) is 0 Å². The summed E-state index contributed by atoms with van der Waals surface area (Å²) in [6.07, 6.45) is 2.44. The first-order valence-electron chi connectivity index (χ1n) is 5.10. The highest BCUT2D eigenvalue weighted by Gasteiger charge is 2.30. The minimum atomic E-state index is -0.745. The molecule has 4 heteroatoms. The summed E-state index contributed by atoms with van der Waals surface area (Å²) in [7, 11) is 3.80. The van der Waals surface area contributed by atoms with Gasteiger partial charge >= 0.3 is 5.97 Å². The lowest BCUT2D eigenvalue weighted by molar-refractivity contribution is -0.144. The molecule has 0 fully saturated rings. The number of aromatic amines is 1. The number of nitrogens with one attached hydrogen (secondary N) is 1. The van der Waals surface area contributed by atoms with Gasteiger partial charge < -0.3 is 15.0 Å². The molecule has 2 atom stereocenters. The lowest BCUT2D eigenvalue weighted by Crippen LogP contribution is -2.32. The number of rotatable bonds is 5. The molecule has 0 saturated carbocycles. The zero-order chi connectivity index (χ0) is 11.4. The van der Waals surface area contributed by atoms with E-state index in [0.717, 1.165) is 5.69 Å². The van der Waals surface area contributed by atoms with E-state index in [0.29, 0.717) is 6.42 Å². The van der Waals surface area contributed by atoms with Gasteiger partial charge in [-0.15, -0.1) is 0 Å². The lowest BCUT2D eigenvalue weighted by atomic mass is 9.93. The predicted octanol–water partition coefficient (Wildman–Crippen LogP) is 1.73. The van der Waals surface area contributed by atoms with Gasteiger partial charge in [-0.2, -0.15) is 0 Å². The van der Waals surface area contributed by atoms with Crippen LogP contribution < -0.4 is 0 Å². The molecule has 1 aromatic heterocycles. The molecule has 2 unspecified atom stereocenters. The van der Waals surface area contributed by atoms with Crippen LogP contribution in [0, 0.1) is 5.92 Å². The number of hydrogen-bond donors (Lipinski definition) is 2. The molecule has 15 heavy (non-hydrogen) atoms. The van der Waals surface area contributed by atoms with Gasteiger partial charge in [-0.25, -0.2) is 0 Å². The molecule has 0 aromatic carbocycles. The second-order valence-corrected chi connectivity index (χ2v) is 3.89. The Morgan fingerprint density at radius 3 is 2.60 bits per heavy atom. The molecular formula is C11H18N2O2. The van der Waals surface area contributed by atoms with Crippen LogP contribution in [0.4, 0.5) is 0 Å². The van der Waals surface area contributed by atoms with E-state index in [9.17, 15) is 4.79 Å². The number of carboxylic acid groups (broad SMARTS) is 1. The fraction of sp³-hybridized carbons (Fsp3) is 0.545. The van der Waals surface area contributed by atoms with Crippen molar-refractivity contribution >= 4 is 5.97 Å². The van der Waals surface area contributed by atoms with Gasteiger partial charge in [0.05, 0.1) is 12.0 Å². The maximum absolute atomic E-state index is 11.1. The van der Waals surface area contributed by atoms with Crippen molar-refractivity contribution in [3.63, 3.8) is 0 Å². The maximum atomic E-state index is 11.1. The second kappa shape index (κ2) is 4.98. The minimum Gasteiger partial charge on any atom is -0.481 e. The third kappa shape index (κ3) is 2.59. The van der Waals surface area contributed by atoms with Crippen LogP contribution in [0.2, 0.25) is 0 Å². The molecule has 1 aromatic rings. The molecule has 1 rings (SSSR count).